The van der Waals surface area contributed by atoms with Gasteiger partial charge in [-0.05, 0) is 43.0 Å². The first-order valence-electron chi connectivity index (χ1n) is 6.66. The van der Waals surface area contributed by atoms with Gasteiger partial charge in [-0.15, -0.1) is 0 Å². The number of aryl methyl sites for hydroxylation is 2. The minimum atomic E-state index is 0.540. The molecule has 0 saturated carbocycles. The zero-order valence-corrected chi connectivity index (χ0v) is 12.0. The predicted molar refractivity (Wildman–Crippen MR) is 76.1 cm³/mol. The zero-order valence-electron chi connectivity index (χ0n) is 12.0. The highest BCUT2D eigenvalue weighted by Gasteiger charge is 2.07. The second-order valence-electron chi connectivity index (χ2n) is 5.43. The van der Waals surface area contributed by atoms with Gasteiger partial charge in [-0.25, -0.2) is 0 Å². The molecule has 0 aliphatic rings. The fraction of sp³-hybridized carbons (Fsp3) is 0.467. The lowest BCUT2D eigenvalue weighted by atomic mass is 10.1. The first-order chi connectivity index (χ1) is 9.02. The van der Waals surface area contributed by atoms with Crippen molar-refractivity contribution in [2.45, 2.75) is 40.7 Å². The van der Waals surface area contributed by atoms with Crippen LogP contribution in [0.3, 0.4) is 0 Å². The number of hydrogen-bond acceptors (Lipinski definition) is 4. The Hall–Kier alpha value is -1.84. The van der Waals surface area contributed by atoms with E-state index in [0.717, 1.165) is 17.9 Å². The van der Waals surface area contributed by atoms with Crippen LogP contribution < -0.4 is 5.32 Å². The summed E-state index contributed by atoms with van der Waals surface area (Å²) in [6.07, 6.45) is 0.854. The average Bonchev–Trinajstić information content (AvgIpc) is 2.72. The van der Waals surface area contributed by atoms with Gasteiger partial charge in [0.05, 0.1) is 6.54 Å². The van der Waals surface area contributed by atoms with Crippen LogP contribution in [-0.4, -0.2) is 10.1 Å². The molecule has 0 saturated heterocycles. The molecule has 0 fully saturated rings. The third-order valence-corrected chi connectivity index (χ3v) is 2.77. The van der Waals surface area contributed by atoms with Gasteiger partial charge in [0.25, 0.3) is 0 Å². The minimum Gasteiger partial charge on any atom is -0.376 e. The summed E-state index contributed by atoms with van der Waals surface area (Å²) in [7, 11) is 0. The zero-order chi connectivity index (χ0) is 13.8. The van der Waals surface area contributed by atoms with Crippen LogP contribution >= 0.6 is 0 Å². The van der Waals surface area contributed by atoms with Crippen LogP contribution in [0.15, 0.2) is 22.7 Å². The molecule has 0 aliphatic carbocycles. The molecular weight excluding hydrogens is 238 g/mol. The van der Waals surface area contributed by atoms with E-state index >= 15 is 0 Å². The second-order valence-corrected chi connectivity index (χ2v) is 5.43. The fourth-order valence-electron chi connectivity index (χ4n) is 2.06. The van der Waals surface area contributed by atoms with Crippen LogP contribution in [-0.2, 0) is 13.0 Å². The lowest BCUT2D eigenvalue weighted by Crippen LogP contribution is -2.01. The summed E-state index contributed by atoms with van der Waals surface area (Å²) < 4.78 is 5.22. The number of hydrogen-bond donors (Lipinski definition) is 1. The standard InChI is InChI=1S/C15H21N3O/c1-10(2)5-14-17-15(19-18-14)9-16-13-7-11(3)6-12(4)8-13/h6-8,10,16H,5,9H2,1-4H3. The summed E-state index contributed by atoms with van der Waals surface area (Å²) in [6.45, 7) is 9.03. The van der Waals surface area contributed by atoms with Crippen LogP contribution in [0.4, 0.5) is 5.69 Å². The van der Waals surface area contributed by atoms with Gasteiger partial charge in [0.15, 0.2) is 5.82 Å². The number of nitrogens with one attached hydrogen (secondary N) is 1. The molecule has 4 heteroatoms. The van der Waals surface area contributed by atoms with Crippen LogP contribution in [0.1, 0.15) is 36.7 Å². The Morgan fingerprint density at radius 1 is 1.16 bits per heavy atom. The van der Waals surface area contributed by atoms with Crippen molar-refractivity contribution >= 4 is 5.69 Å². The number of benzene rings is 1. The lowest BCUT2D eigenvalue weighted by molar-refractivity contribution is 0.375. The summed E-state index contributed by atoms with van der Waals surface area (Å²) in [4.78, 5) is 4.37. The van der Waals surface area contributed by atoms with Crippen molar-refractivity contribution in [3.8, 4) is 0 Å². The molecule has 0 bridgehead atoms. The molecule has 0 aliphatic heterocycles. The molecule has 0 unspecified atom stereocenters. The van der Waals surface area contributed by atoms with Crippen molar-refractivity contribution in [1.29, 1.82) is 0 Å². The van der Waals surface area contributed by atoms with Crippen molar-refractivity contribution < 1.29 is 4.52 Å². The Balaban J connectivity index is 1.96. The van der Waals surface area contributed by atoms with E-state index in [2.05, 4.69) is 61.4 Å². The van der Waals surface area contributed by atoms with Gasteiger partial charge in [-0.2, -0.15) is 4.98 Å². The third-order valence-electron chi connectivity index (χ3n) is 2.77. The SMILES string of the molecule is Cc1cc(C)cc(NCc2nc(CC(C)C)no2)c1. The number of anilines is 1. The normalized spacial score (nSPS) is 11.0. The highest BCUT2D eigenvalue weighted by Crippen LogP contribution is 2.14. The highest BCUT2D eigenvalue weighted by atomic mass is 16.5. The topological polar surface area (TPSA) is 51.0 Å². The van der Waals surface area contributed by atoms with Gasteiger partial charge in [0.1, 0.15) is 0 Å². The Kier molecular flexibility index (Phi) is 4.20. The molecule has 1 N–H and O–H groups in total. The Morgan fingerprint density at radius 2 is 1.84 bits per heavy atom. The van der Waals surface area contributed by atoms with Crippen molar-refractivity contribution in [1.82, 2.24) is 10.1 Å². The van der Waals surface area contributed by atoms with Crippen molar-refractivity contribution in [2.75, 3.05) is 5.32 Å². The maximum atomic E-state index is 5.22. The van der Waals surface area contributed by atoms with E-state index in [1.165, 1.54) is 11.1 Å². The smallest absolute Gasteiger partial charge is 0.245 e. The first kappa shape index (κ1) is 13.6. The number of aromatic nitrogens is 2. The van der Waals surface area contributed by atoms with E-state index in [9.17, 15) is 0 Å². The van der Waals surface area contributed by atoms with E-state index in [1.54, 1.807) is 0 Å². The summed E-state index contributed by atoms with van der Waals surface area (Å²) >= 11 is 0. The summed E-state index contributed by atoms with van der Waals surface area (Å²) in [6, 6.07) is 6.37. The van der Waals surface area contributed by atoms with E-state index in [1.807, 2.05) is 0 Å². The number of rotatable bonds is 5. The summed E-state index contributed by atoms with van der Waals surface area (Å²) in [5, 5.41) is 7.29. The number of nitrogens with zero attached hydrogens (tertiary/aromatic N) is 2. The van der Waals surface area contributed by atoms with E-state index in [-0.39, 0.29) is 0 Å². The highest BCUT2D eigenvalue weighted by molar-refractivity contribution is 5.48. The molecule has 1 aromatic carbocycles. The predicted octanol–water partition coefficient (Wildman–Crippen LogP) is 3.50. The molecule has 102 valence electrons. The molecule has 2 aromatic rings. The molecule has 1 aromatic heterocycles. The molecule has 4 nitrogen and oxygen atoms in total. The van der Waals surface area contributed by atoms with Gasteiger partial charge in [-0.3, -0.25) is 0 Å². The molecule has 0 radical (unpaired) electrons. The molecule has 2 rings (SSSR count). The Labute approximate surface area is 114 Å². The van der Waals surface area contributed by atoms with Crippen LogP contribution in [0.25, 0.3) is 0 Å². The average molecular weight is 259 g/mol. The van der Waals surface area contributed by atoms with Crippen LogP contribution in [0.5, 0.6) is 0 Å². The summed E-state index contributed by atoms with van der Waals surface area (Å²) in [5.41, 5.74) is 3.57. The van der Waals surface area contributed by atoms with Gasteiger partial charge in [0, 0.05) is 12.1 Å². The van der Waals surface area contributed by atoms with Gasteiger partial charge < -0.3 is 9.84 Å². The van der Waals surface area contributed by atoms with Gasteiger partial charge in [-0.1, -0.05) is 25.1 Å². The van der Waals surface area contributed by atoms with Crippen LogP contribution in [0.2, 0.25) is 0 Å². The van der Waals surface area contributed by atoms with Crippen molar-refractivity contribution in [3.63, 3.8) is 0 Å². The Bertz CT molecular complexity index is 526. The quantitative estimate of drug-likeness (QED) is 0.893. The maximum Gasteiger partial charge on any atom is 0.245 e. The molecule has 0 atom stereocenters. The third kappa shape index (κ3) is 4.09. The maximum absolute atomic E-state index is 5.22. The van der Waals surface area contributed by atoms with Crippen molar-refractivity contribution in [3.05, 3.63) is 41.0 Å². The molecule has 1 heterocycles. The van der Waals surface area contributed by atoms with E-state index in [4.69, 9.17) is 4.52 Å². The monoisotopic (exact) mass is 259 g/mol. The summed E-state index contributed by atoms with van der Waals surface area (Å²) in [5.74, 6) is 1.96. The second kappa shape index (κ2) is 5.87. The first-order valence-corrected chi connectivity index (χ1v) is 6.66. The molecule has 0 spiro atoms. The fourth-order valence-corrected chi connectivity index (χ4v) is 2.06. The Morgan fingerprint density at radius 3 is 2.47 bits per heavy atom. The molecule has 19 heavy (non-hydrogen) atoms. The minimum absolute atomic E-state index is 0.540. The molecule has 0 amide bonds. The molecular formula is C15H21N3O. The van der Waals surface area contributed by atoms with E-state index in [0.29, 0.717) is 18.4 Å². The largest absolute Gasteiger partial charge is 0.376 e. The van der Waals surface area contributed by atoms with E-state index < -0.39 is 0 Å². The lowest BCUT2D eigenvalue weighted by Gasteiger charge is -2.06. The van der Waals surface area contributed by atoms with Gasteiger partial charge in [0.2, 0.25) is 5.89 Å². The van der Waals surface area contributed by atoms with Crippen molar-refractivity contribution in [2.24, 2.45) is 5.92 Å². The van der Waals surface area contributed by atoms with Crippen LogP contribution in [0, 0.1) is 19.8 Å². The van der Waals surface area contributed by atoms with Gasteiger partial charge >= 0.3 is 0 Å².